The molecule has 7 heteroatoms. The van der Waals surface area contributed by atoms with Gasteiger partial charge < -0.3 is 14.7 Å². The third-order valence-electron chi connectivity index (χ3n) is 4.67. The second kappa shape index (κ2) is 6.59. The van der Waals surface area contributed by atoms with Gasteiger partial charge in [-0.2, -0.15) is 0 Å². The van der Waals surface area contributed by atoms with Gasteiger partial charge in [0, 0.05) is 25.9 Å². The van der Waals surface area contributed by atoms with Gasteiger partial charge in [-0.05, 0) is 24.4 Å². The zero-order chi connectivity index (χ0) is 16.4. The van der Waals surface area contributed by atoms with E-state index in [0.29, 0.717) is 17.7 Å². The summed E-state index contributed by atoms with van der Waals surface area (Å²) in [5.74, 6) is -1.23. The van der Waals surface area contributed by atoms with Crippen LogP contribution in [0.3, 0.4) is 0 Å². The third kappa shape index (κ3) is 3.00. The van der Waals surface area contributed by atoms with E-state index in [1.165, 1.54) is 16.2 Å². The number of nitrogens with zero attached hydrogens (tertiary/aromatic N) is 2. The highest BCUT2D eigenvalue weighted by Gasteiger charge is 2.54. The second-order valence-electron chi connectivity index (χ2n) is 6.11. The molecule has 2 saturated heterocycles. The van der Waals surface area contributed by atoms with Crippen molar-refractivity contribution < 1.29 is 19.4 Å². The van der Waals surface area contributed by atoms with Crippen LogP contribution in [0.5, 0.6) is 0 Å². The lowest BCUT2D eigenvalue weighted by atomic mass is 9.97. The first-order valence-electron chi connectivity index (χ1n) is 8.04. The number of carbonyl (C=O) groups is 2. The summed E-state index contributed by atoms with van der Waals surface area (Å²) in [6, 6.07) is 2.65. The van der Waals surface area contributed by atoms with Crippen molar-refractivity contribution >= 4 is 23.2 Å². The summed E-state index contributed by atoms with van der Waals surface area (Å²) >= 11 is 1.34. The van der Waals surface area contributed by atoms with Gasteiger partial charge in [0.05, 0.1) is 11.5 Å². The molecule has 1 atom stereocenters. The second-order valence-corrected chi connectivity index (χ2v) is 7.05. The van der Waals surface area contributed by atoms with E-state index in [4.69, 9.17) is 4.74 Å². The number of rotatable bonds is 4. The van der Waals surface area contributed by atoms with Crippen LogP contribution in [0.15, 0.2) is 17.5 Å². The highest BCUT2D eigenvalue weighted by atomic mass is 32.1. The monoisotopic (exact) mass is 338 g/mol. The first-order chi connectivity index (χ1) is 11.1. The fraction of sp³-hybridized carbons (Fsp3) is 0.625. The SMILES string of the molecule is CCCN1CCC2(CC1)OCC(C(=O)O)N2C(=O)c1cccs1. The largest absolute Gasteiger partial charge is 0.480 e. The quantitative estimate of drug-likeness (QED) is 0.908. The minimum atomic E-state index is -0.997. The Bertz CT molecular complexity index is 567. The number of ether oxygens (including phenoxy) is 1. The number of thiophene rings is 1. The van der Waals surface area contributed by atoms with Crippen LogP contribution in [0.2, 0.25) is 0 Å². The van der Waals surface area contributed by atoms with Crippen molar-refractivity contribution in [1.29, 1.82) is 0 Å². The normalized spacial score (nSPS) is 24.2. The number of aliphatic carboxylic acids is 1. The van der Waals surface area contributed by atoms with E-state index in [1.807, 2.05) is 5.38 Å². The lowest BCUT2D eigenvalue weighted by Crippen LogP contribution is -2.58. The maximum absolute atomic E-state index is 12.9. The number of hydrogen-bond donors (Lipinski definition) is 1. The molecule has 1 aromatic rings. The fourth-order valence-corrected chi connectivity index (χ4v) is 4.18. The average molecular weight is 338 g/mol. The maximum atomic E-state index is 12.9. The summed E-state index contributed by atoms with van der Waals surface area (Å²) in [6.07, 6.45) is 2.41. The minimum Gasteiger partial charge on any atom is -0.480 e. The van der Waals surface area contributed by atoms with Gasteiger partial charge in [0.1, 0.15) is 5.72 Å². The summed E-state index contributed by atoms with van der Waals surface area (Å²) < 4.78 is 5.92. The molecule has 1 aromatic heterocycles. The zero-order valence-electron chi connectivity index (χ0n) is 13.2. The van der Waals surface area contributed by atoms with Gasteiger partial charge in [-0.25, -0.2) is 4.79 Å². The summed E-state index contributed by atoms with van der Waals surface area (Å²) in [5, 5.41) is 11.3. The predicted molar refractivity (Wildman–Crippen MR) is 86.6 cm³/mol. The van der Waals surface area contributed by atoms with E-state index >= 15 is 0 Å². The van der Waals surface area contributed by atoms with Crippen molar-refractivity contribution in [3.05, 3.63) is 22.4 Å². The van der Waals surface area contributed by atoms with Crippen LogP contribution in [0.4, 0.5) is 0 Å². The molecule has 1 spiro atoms. The third-order valence-corrected chi connectivity index (χ3v) is 5.53. The molecule has 0 saturated carbocycles. The number of carboxylic acids is 1. The molecule has 0 aromatic carbocycles. The summed E-state index contributed by atoms with van der Waals surface area (Å²) in [7, 11) is 0. The smallest absolute Gasteiger partial charge is 0.328 e. The topological polar surface area (TPSA) is 70.1 Å². The maximum Gasteiger partial charge on any atom is 0.328 e. The van der Waals surface area contributed by atoms with Crippen molar-refractivity contribution in [1.82, 2.24) is 9.80 Å². The standard InChI is InChI=1S/C16H22N2O4S/c1-2-7-17-8-5-16(6-9-17)18(12(11-22-16)15(20)21)14(19)13-4-3-10-23-13/h3-4,10,12H,2,5-9,11H2,1H3,(H,20,21). The molecular weight excluding hydrogens is 316 g/mol. The summed E-state index contributed by atoms with van der Waals surface area (Å²) in [5.41, 5.74) is -0.769. The molecule has 1 unspecified atom stereocenters. The van der Waals surface area contributed by atoms with Crippen LogP contribution in [0.1, 0.15) is 35.9 Å². The highest BCUT2D eigenvalue weighted by molar-refractivity contribution is 7.12. The van der Waals surface area contributed by atoms with Gasteiger partial charge in [0.15, 0.2) is 6.04 Å². The Morgan fingerprint density at radius 1 is 1.43 bits per heavy atom. The number of amides is 1. The summed E-state index contributed by atoms with van der Waals surface area (Å²) in [4.78, 5) is 28.9. The van der Waals surface area contributed by atoms with Gasteiger partial charge in [-0.1, -0.05) is 13.0 Å². The van der Waals surface area contributed by atoms with E-state index in [9.17, 15) is 14.7 Å². The first kappa shape index (κ1) is 16.4. The van der Waals surface area contributed by atoms with Crippen molar-refractivity contribution in [3.8, 4) is 0 Å². The number of carboxylic acid groups (broad SMARTS) is 1. The Kier molecular flexibility index (Phi) is 4.70. The molecule has 0 radical (unpaired) electrons. The van der Waals surface area contributed by atoms with Crippen LogP contribution in [0, 0.1) is 0 Å². The van der Waals surface area contributed by atoms with Gasteiger partial charge >= 0.3 is 5.97 Å². The molecule has 1 N–H and O–H groups in total. The van der Waals surface area contributed by atoms with E-state index in [2.05, 4.69) is 11.8 Å². The van der Waals surface area contributed by atoms with E-state index < -0.39 is 17.7 Å². The number of hydrogen-bond acceptors (Lipinski definition) is 5. The molecule has 0 bridgehead atoms. The summed E-state index contributed by atoms with van der Waals surface area (Å²) in [6.45, 7) is 4.89. The molecule has 0 aliphatic carbocycles. The molecule has 3 rings (SSSR count). The van der Waals surface area contributed by atoms with Gasteiger partial charge in [-0.3, -0.25) is 9.69 Å². The van der Waals surface area contributed by atoms with Crippen molar-refractivity contribution in [2.75, 3.05) is 26.2 Å². The molecule has 2 fully saturated rings. The Morgan fingerprint density at radius 2 is 2.17 bits per heavy atom. The molecule has 1 amide bonds. The van der Waals surface area contributed by atoms with Gasteiger partial charge in [0.2, 0.25) is 0 Å². The van der Waals surface area contributed by atoms with Gasteiger partial charge in [0.25, 0.3) is 5.91 Å². The van der Waals surface area contributed by atoms with E-state index in [1.54, 1.807) is 12.1 Å². The van der Waals surface area contributed by atoms with Crippen LogP contribution in [0.25, 0.3) is 0 Å². The Labute approximate surface area is 139 Å². The van der Waals surface area contributed by atoms with E-state index in [-0.39, 0.29) is 12.5 Å². The molecule has 3 heterocycles. The minimum absolute atomic E-state index is 0.0697. The van der Waals surface area contributed by atoms with Crippen LogP contribution >= 0.6 is 11.3 Å². The lowest BCUT2D eigenvalue weighted by Gasteiger charge is -2.44. The van der Waals surface area contributed by atoms with Crippen LogP contribution in [-0.4, -0.2) is 64.8 Å². The molecule has 2 aliphatic heterocycles. The highest BCUT2D eigenvalue weighted by Crippen LogP contribution is 2.38. The van der Waals surface area contributed by atoms with Crippen molar-refractivity contribution in [2.24, 2.45) is 0 Å². The van der Waals surface area contributed by atoms with Gasteiger partial charge in [-0.15, -0.1) is 11.3 Å². The number of carbonyl (C=O) groups excluding carboxylic acids is 1. The Morgan fingerprint density at radius 3 is 2.74 bits per heavy atom. The van der Waals surface area contributed by atoms with E-state index in [0.717, 1.165) is 26.1 Å². The molecule has 23 heavy (non-hydrogen) atoms. The molecule has 6 nitrogen and oxygen atoms in total. The number of piperidine rings is 1. The first-order valence-corrected chi connectivity index (χ1v) is 8.91. The van der Waals surface area contributed by atoms with Crippen molar-refractivity contribution in [3.63, 3.8) is 0 Å². The molecular formula is C16H22N2O4S. The average Bonchev–Trinajstić information content (AvgIpc) is 3.18. The van der Waals surface area contributed by atoms with Crippen LogP contribution in [-0.2, 0) is 9.53 Å². The number of likely N-dealkylation sites (tertiary alicyclic amines) is 1. The van der Waals surface area contributed by atoms with Crippen molar-refractivity contribution in [2.45, 2.75) is 38.0 Å². The molecule has 2 aliphatic rings. The lowest BCUT2D eigenvalue weighted by molar-refractivity contribution is -0.143. The fourth-order valence-electron chi connectivity index (χ4n) is 3.52. The molecule has 126 valence electrons. The predicted octanol–water partition coefficient (Wildman–Crippen LogP) is 1.88. The Hall–Kier alpha value is -1.44. The van der Waals surface area contributed by atoms with Crippen LogP contribution < -0.4 is 0 Å². The Balaban J connectivity index is 1.84. The zero-order valence-corrected chi connectivity index (χ0v) is 14.1.